The van der Waals surface area contributed by atoms with Crippen molar-refractivity contribution in [2.75, 3.05) is 0 Å². The Labute approximate surface area is 67.4 Å². The zero-order valence-corrected chi connectivity index (χ0v) is 7.02. The van der Waals surface area contributed by atoms with E-state index in [2.05, 4.69) is 12.2 Å². The summed E-state index contributed by atoms with van der Waals surface area (Å²) < 4.78 is 0. The van der Waals surface area contributed by atoms with Crippen LogP contribution < -0.4 is 5.32 Å². The van der Waals surface area contributed by atoms with E-state index in [1.807, 2.05) is 0 Å². The number of nitrogens with one attached hydrogen (secondary N) is 1. The van der Waals surface area contributed by atoms with Gasteiger partial charge >= 0.3 is 0 Å². The van der Waals surface area contributed by atoms with Crippen LogP contribution in [-0.2, 0) is 4.79 Å². The third-order valence-corrected chi connectivity index (χ3v) is 3.31. The zero-order chi connectivity index (χ0) is 7.90. The molecule has 0 aromatic carbocycles. The molecule has 2 rings (SSSR count). The van der Waals surface area contributed by atoms with Gasteiger partial charge in [0.25, 0.3) is 0 Å². The smallest absolute Gasteiger partial charge is 0.222 e. The van der Waals surface area contributed by atoms with Crippen molar-refractivity contribution in [3.8, 4) is 0 Å². The maximum Gasteiger partial charge on any atom is 0.222 e. The zero-order valence-electron chi connectivity index (χ0n) is 7.02. The number of hydrogen-bond acceptors (Lipinski definition) is 1. The van der Waals surface area contributed by atoms with Gasteiger partial charge in [-0.2, -0.15) is 0 Å². The van der Waals surface area contributed by atoms with Gasteiger partial charge in [-0.3, -0.25) is 4.79 Å². The molecular weight excluding hydrogens is 138 g/mol. The Kier molecular flexibility index (Phi) is 1.44. The molecule has 11 heavy (non-hydrogen) atoms. The Bertz CT molecular complexity index is 180. The lowest BCUT2D eigenvalue weighted by molar-refractivity contribution is -0.134. The Balaban J connectivity index is 2.07. The summed E-state index contributed by atoms with van der Waals surface area (Å²) >= 11 is 0. The second-order valence-corrected chi connectivity index (χ2v) is 3.88. The van der Waals surface area contributed by atoms with Crippen LogP contribution in [0, 0.1) is 5.92 Å². The first-order valence-corrected chi connectivity index (χ1v) is 4.58. The molecule has 2 atom stereocenters. The fourth-order valence-corrected chi connectivity index (χ4v) is 2.68. The molecule has 0 radical (unpaired) electrons. The summed E-state index contributed by atoms with van der Waals surface area (Å²) in [5.74, 6) is 1.02. The van der Waals surface area contributed by atoms with Crippen molar-refractivity contribution in [3.05, 3.63) is 0 Å². The van der Waals surface area contributed by atoms with Crippen molar-refractivity contribution < 1.29 is 4.79 Å². The molecule has 0 aromatic rings. The highest BCUT2D eigenvalue weighted by atomic mass is 16.2. The van der Waals surface area contributed by atoms with E-state index >= 15 is 0 Å². The third kappa shape index (κ3) is 0.883. The van der Waals surface area contributed by atoms with Gasteiger partial charge in [0.15, 0.2) is 0 Å². The summed E-state index contributed by atoms with van der Waals surface area (Å²) in [6, 6.07) is 0. The van der Waals surface area contributed by atoms with E-state index in [4.69, 9.17) is 0 Å². The highest BCUT2D eigenvalue weighted by Gasteiger charge is 2.50. The van der Waals surface area contributed by atoms with Crippen LogP contribution in [0.15, 0.2) is 0 Å². The number of carbonyl (C=O) groups excluding carboxylic acids is 1. The predicted octanol–water partition coefficient (Wildman–Crippen LogP) is 1.46. The fourth-order valence-electron chi connectivity index (χ4n) is 2.68. The first-order chi connectivity index (χ1) is 5.27. The first-order valence-electron chi connectivity index (χ1n) is 4.58. The van der Waals surface area contributed by atoms with Crippen molar-refractivity contribution in [2.45, 2.75) is 44.6 Å². The molecule has 2 heteroatoms. The number of hydrogen-bond donors (Lipinski definition) is 1. The normalized spacial score (nSPS) is 42.3. The van der Waals surface area contributed by atoms with Gasteiger partial charge in [0.05, 0.1) is 5.54 Å². The van der Waals surface area contributed by atoms with Crippen molar-refractivity contribution >= 4 is 5.91 Å². The van der Waals surface area contributed by atoms with E-state index in [9.17, 15) is 4.79 Å². The number of rotatable bonds is 1. The van der Waals surface area contributed by atoms with Gasteiger partial charge < -0.3 is 5.32 Å². The molecule has 1 amide bonds. The summed E-state index contributed by atoms with van der Waals surface area (Å²) in [5, 5.41) is 3.08. The lowest BCUT2D eigenvalue weighted by Gasteiger charge is -2.43. The largest absolute Gasteiger partial charge is 0.350 e. The summed E-state index contributed by atoms with van der Waals surface area (Å²) in [5.41, 5.74) is 0.256. The molecule has 0 aromatic heterocycles. The molecule has 62 valence electrons. The van der Waals surface area contributed by atoms with Crippen LogP contribution >= 0.6 is 0 Å². The van der Waals surface area contributed by atoms with Crippen LogP contribution in [0.5, 0.6) is 0 Å². The summed E-state index contributed by atoms with van der Waals surface area (Å²) in [6.45, 7) is 2.22. The molecule has 2 fully saturated rings. The van der Waals surface area contributed by atoms with Crippen LogP contribution in [0.25, 0.3) is 0 Å². The minimum atomic E-state index is 0.255. The van der Waals surface area contributed by atoms with Crippen LogP contribution in [0.4, 0.5) is 0 Å². The topological polar surface area (TPSA) is 29.1 Å². The highest BCUT2D eigenvalue weighted by Crippen LogP contribution is 2.44. The maximum atomic E-state index is 10.8. The molecule has 1 N–H and O–H groups in total. The second kappa shape index (κ2) is 2.23. The molecule has 1 saturated carbocycles. The number of carbonyl (C=O) groups is 1. The summed E-state index contributed by atoms with van der Waals surface area (Å²) in [6.07, 6.45) is 5.86. The average molecular weight is 153 g/mol. The Hall–Kier alpha value is -0.530. The van der Waals surface area contributed by atoms with Crippen LogP contribution in [0.1, 0.15) is 39.0 Å². The number of amides is 1. The second-order valence-electron chi connectivity index (χ2n) is 3.88. The highest BCUT2D eigenvalue weighted by molar-refractivity contribution is 5.85. The van der Waals surface area contributed by atoms with E-state index in [1.165, 1.54) is 25.7 Å². The van der Waals surface area contributed by atoms with E-state index in [1.54, 1.807) is 0 Å². The fraction of sp³-hybridized carbons (Fsp3) is 0.889. The molecule has 1 aliphatic carbocycles. The van der Waals surface area contributed by atoms with Gasteiger partial charge in [-0.1, -0.05) is 19.8 Å². The van der Waals surface area contributed by atoms with Gasteiger partial charge in [0.1, 0.15) is 0 Å². The molecule has 2 unspecified atom stereocenters. The minimum absolute atomic E-state index is 0.255. The lowest BCUT2D eigenvalue weighted by Crippen LogP contribution is -2.62. The Morgan fingerprint density at radius 1 is 1.73 bits per heavy atom. The van der Waals surface area contributed by atoms with E-state index in [0.717, 1.165) is 12.3 Å². The Morgan fingerprint density at radius 3 is 3.00 bits per heavy atom. The lowest BCUT2D eigenvalue weighted by atomic mass is 9.77. The molecular formula is C9H15NO. The van der Waals surface area contributed by atoms with Gasteiger partial charge in [-0.05, 0) is 18.8 Å². The van der Waals surface area contributed by atoms with Crippen molar-refractivity contribution in [1.29, 1.82) is 0 Å². The van der Waals surface area contributed by atoms with Gasteiger partial charge in [0.2, 0.25) is 5.91 Å². The minimum Gasteiger partial charge on any atom is -0.350 e. The summed E-state index contributed by atoms with van der Waals surface area (Å²) in [4.78, 5) is 10.8. The van der Waals surface area contributed by atoms with E-state index in [0.29, 0.717) is 0 Å². The quantitative estimate of drug-likeness (QED) is 0.568. The molecule has 2 aliphatic rings. The van der Waals surface area contributed by atoms with Crippen LogP contribution in [0.3, 0.4) is 0 Å². The Morgan fingerprint density at radius 2 is 2.45 bits per heavy atom. The predicted molar refractivity (Wildman–Crippen MR) is 43.1 cm³/mol. The first kappa shape index (κ1) is 7.14. The molecule has 1 heterocycles. The molecule has 0 bridgehead atoms. The van der Waals surface area contributed by atoms with Crippen LogP contribution in [0.2, 0.25) is 0 Å². The monoisotopic (exact) mass is 153 g/mol. The van der Waals surface area contributed by atoms with Crippen molar-refractivity contribution in [1.82, 2.24) is 5.32 Å². The average Bonchev–Trinajstić information content (AvgIpc) is 2.31. The summed E-state index contributed by atoms with van der Waals surface area (Å²) in [7, 11) is 0. The van der Waals surface area contributed by atoms with Gasteiger partial charge in [0, 0.05) is 6.42 Å². The van der Waals surface area contributed by atoms with Gasteiger partial charge in [-0.25, -0.2) is 0 Å². The maximum absolute atomic E-state index is 10.8. The van der Waals surface area contributed by atoms with Crippen molar-refractivity contribution in [2.24, 2.45) is 5.92 Å². The molecule has 1 spiro atoms. The molecule has 1 aliphatic heterocycles. The van der Waals surface area contributed by atoms with Gasteiger partial charge in [-0.15, -0.1) is 0 Å². The third-order valence-electron chi connectivity index (χ3n) is 3.31. The van der Waals surface area contributed by atoms with E-state index < -0.39 is 0 Å². The standard InChI is InChI=1S/C9H15NO/c1-2-7-4-3-5-9(7)6-8(11)10-9/h7H,2-6H2,1H3,(H,10,11). The molecule has 2 nitrogen and oxygen atoms in total. The SMILES string of the molecule is CCC1CCCC12CC(=O)N2. The van der Waals surface area contributed by atoms with E-state index in [-0.39, 0.29) is 11.4 Å². The van der Waals surface area contributed by atoms with Crippen LogP contribution in [-0.4, -0.2) is 11.4 Å². The van der Waals surface area contributed by atoms with Crippen molar-refractivity contribution in [3.63, 3.8) is 0 Å². The number of β-lactam (4-membered cyclic amide) rings is 1. The molecule has 1 saturated heterocycles.